The third kappa shape index (κ3) is 1.65. The number of hydrogen-bond acceptors (Lipinski definition) is 2. The van der Waals surface area contributed by atoms with E-state index in [2.05, 4.69) is 16.5 Å². The van der Waals surface area contributed by atoms with Crippen LogP contribution in [0.15, 0.2) is 18.2 Å². The molecular weight excluding hydrogens is 224 g/mol. The number of ketones is 1. The first-order chi connectivity index (χ1) is 8.70. The van der Waals surface area contributed by atoms with Gasteiger partial charge < -0.3 is 4.57 Å². The lowest BCUT2D eigenvalue weighted by Gasteiger charge is -2.23. The fourth-order valence-electron chi connectivity index (χ4n) is 2.71. The quantitative estimate of drug-likeness (QED) is 0.774. The summed E-state index contributed by atoms with van der Waals surface area (Å²) in [5, 5.41) is 0. The van der Waals surface area contributed by atoms with E-state index < -0.39 is 0 Å². The van der Waals surface area contributed by atoms with Gasteiger partial charge in [0, 0.05) is 18.0 Å². The second kappa shape index (κ2) is 4.23. The Hall–Kier alpha value is -1.64. The highest BCUT2D eigenvalue weighted by atomic mass is 16.1. The molecule has 0 bridgehead atoms. The molecule has 3 rings (SSSR count). The van der Waals surface area contributed by atoms with Gasteiger partial charge in [-0.1, -0.05) is 6.42 Å². The van der Waals surface area contributed by atoms with Crippen molar-refractivity contribution >= 4 is 16.8 Å². The van der Waals surface area contributed by atoms with Gasteiger partial charge in [-0.3, -0.25) is 4.79 Å². The van der Waals surface area contributed by atoms with Crippen molar-refractivity contribution in [3.05, 3.63) is 29.6 Å². The highest BCUT2D eigenvalue weighted by Crippen LogP contribution is 2.30. The molecule has 94 valence electrons. The molecule has 1 aromatic carbocycles. The van der Waals surface area contributed by atoms with Crippen LogP contribution in [-0.4, -0.2) is 15.3 Å². The van der Waals surface area contributed by atoms with Gasteiger partial charge in [0.1, 0.15) is 5.82 Å². The molecule has 1 aliphatic rings. The number of Topliss-reactive ketones (excluding diaryl/α,β-unsaturated/α-hetero) is 1. The molecule has 0 radical (unpaired) electrons. The maximum Gasteiger partial charge on any atom is 0.166 e. The Kier molecular flexibility index (Phi) is 2.69. The second-order valence-corrected chi connectivity index (χ2v) is 5.10. The van der Waals surface area contributed by atoms with Crippen molar-refractivity contribution < 1.29 is 4.79 Å². The van der Waals surface area contributed by atoms with Gasteiger partial charge in [-0.05, 0) is 44.9 Å². The third-order valence-corrected chi connectivity index (χ3v) is 4.02. The molecule has 3 heteroatoms. The van der Waals surface area contributed by atoms with Gasteiger partial charge in [0.05, 0.1) is 11.0 Å². The van der Waals surface area contributed by atoms with Crippen molar-refractivity contribution in [3.8, 4) is 0 Å². The van der Waals surface area contributed by atoms with E-state index in [1.54, 1.807) is 0 Å². The molecule has 0 spiro atoms. The van der Waals surface area contributed by atoms with Crippen LogP contribution < -0.4 is 0 Å². The van der Waals surface area contributed by atoms with Crippen LogP contribution in [0, 0.1) is 12.8 Å². The summed E-state index contributed by atoms with van der Waals surface area (Å²) < 4.78 is 2.17. The van der Waals surface area contributed by atoms with Crippen molar-refractivity contribution in [2.75, 3.05) is 0 Å². The van der Waals surface area contributed by atoms with E-state index in [0.29, 0.717) is 5.78 Å². The lowest BCUT2D eigenvalue weighted by molar-refractivity contribution is 0.0855. The number of carbonyl (C=O) groups is 1. The summed E-state index contributed by atoms with van der Waals surface area (Å²) in [6.45, 7) is 5.04. The second-order valence-electron chi connectivity index (χ2n) is 5.10. The SMILES string of the molecule is CCn1c(C)nc2cc(C(=O)C3CCC3)ccc21. The minimum absolute atomic E-state index is 0.261. The van der Waals surface area contributed by atoms with E-state index in [1.165, 1.54) is 6.42 Å². The first-order valence-corrected chi connectivity index (χ1v) is 6.72. The number of fused-ring (bicyclic) bond motifs is 1. The highest BCUT2D eigenvalue weighted by molar-refractivity contribution is 6.00. The number of carbonyl (C=O) groups excluding carboxylic acids is 1. The molecular formula is C15H18N2O. The van der Waals surface area contributed by atoms with Gasteiger partial charge in [0.2, 0.25) is 0 Å². The van der Waals surface area contributed by atoms with Crippen molar-refractivity contribution in [2.45, 2.75) is 39.7 Å². The Morgan fingerprint density at radius 1 is 1.44 bits per heavy atom. The zero-order valence-electron chi connectivity index (χ0n) is 10.9. The topological polar surface area (TPSA) is 34.9 Å². The zero-order chi connectivity index (χ0) is 12.7. The summed E-state index contributed by atoms with van der Waals surface area (Å²) in [6, 6.07) is 5.94. The van der Waals surface area contributed by atoms with Gasteiger partial charge in [0.15, 0.2) is 5.78 Å². The fraction of sp³-hybridized carbons (Fsp3) is 0.467. The standard InChI is InChI=1S/C15H18N2O/c1-3-17-10(2)16-13-9-12(7-8-14(13)17)15(18)11-5-4-6-11/h7-9,11H,3-6H2,1-2H3. The van der Waals surface area contributed by atoms with Crippen LogP contribution in [0.5, 0.6) is 0 Å². The van der Waals surface area contributed by atoms with Crippen LogP contribution >= 0.6 is 0 Å². The molecule has 0 N–H and O–H groups in total. The monoisotopic (exact) mass is 242 g/mol. The van der Waals surface area contributed by atoms with Gasteiger partial charge in [-0.25, -0.2) is 4.98 Å². The average Bonchev–Trinajstić information content (AvgIpc) is 2.60. The minimum atomic E-state index is 0.261. The summed E-state index contributed by atoms with van der Waals surface area (Å²) in [4.78, 5) is 16.7. The van der Waals surface area contributed by atoms with Crippen LogP contribution in [0.25, 0.3) is 11.0 Å². The lowest BCUT2D eigenvalue weighted by Crippen LogP contribution is -2.21. The number of hydrogen-bond donors (Lipinski definition) is 0. The van der Waals surface area contributed by atoms with Gasteiger partial charge >= 0.3 is 0 Å². The Bertz CT molecular complexity index is 608. The molecule has 1 saturated carbocycles. The lowest BCUT2D eigenvalue weighted by atomic mass is 9.80. The molecule has 18 heavy (non-hydrogen) atoms. The maximum atomic E-state index is 12.2. The highest BCUT2D eigenvalue weighted by Gasteiger charge is 2.26. The molecule has 0 amide bonds. The number of aryl methyl sites for hydroxylation is 2. The van der Waals surface area contributed by atoms with Gasteiger partial charge in [-0.2, -0.15) is 0 Å². The molecule has 3 nitrogen and oxygen atoms in total. The van der Waals surface area contributed by atoms with E-state index in [0.717, 1.165) is 41.8 Å². The molecule has 0 atom stereocenters. The maximum absolute atomic E-state index is 12.2. The van der Waals surface area contributed by atoms with E-state index in [9.17, 15) is 4.79 Å². The van der Waals surface area contributed by atoms with Gasteiger partial charge in [-0.15, -0.1) is 0 Å². The van der Waals surface area contributed by atoms with E-state index in [4.69, 9.17) is 0 Å². The molecule has 0 saturated heterocycles. The molecule has 1 heterocycles. The Balaban J connectivity index is 2.03. The van der Waals surface area contributed by atoms with Crippen LogP contribution in [0.4, 0.5) is 0 Å². The molecule has 0 aliphatic heterocycles. The Morgan fingerprint density at radius 2 is 2.22 bits per heavy atom. The molecule has 1 aromatic heterocycles. The molecule has 2 aromatic rings. The number of nitrogens with zero attached hydrogens (tertiary/aromatic N) is 2. The van der Waals surface area contributed by atoms with Crippen molar-refractivity contribution in [2.24, 2.45) is 5.92 Å². The number of aromatic nitrogens is 2. The van der Waals surface area contributed by atoms with E-state index in [1.807, 2.05) is 25.1 Å². The van der Waals surface area contributed by atoms with Crippen molar-refractivity contribution in [3.63, 3.8) is 0 Å². The predicted octanol–water partition coefficient (Wildman–Crippen LogP) is 3.35. The molecule has 1 fully saturated rings. The van der Waals surface area contributed by atoms with E-state index >= 15 is 0 Å². The van der Waals surface area contributed by atoms with Crippen molar-refractivity contribution in [1.29, 1.82) is 0 Å². The van der Waals surface area contributed by atoms with Gasteiger partial charge in [0.25, 0.3) is 0 Å². The van der Waals surface area contributed by atoms with Crippen LogP contribution in [-0.2, 0) is 6.54 Å². The Morgan fingerprint density at radius 3 is 2.83 bits per heavy atom. The fourth-order valence-corrected chi connectivity index (χ4v) is 2.71. The normalized spacial score (nSPS) is 15.9. The molecule has 1 aliphatic carbocycles. The number of rotatable bonds is 3. The summed E-state index contributed by atoms with van der Waals surface area (Å²) in [6.07, 6.45) is 3.31. The molecule has 0 unspecified atom stereocenters. The number of benzene rings is 1. The predicted molar refractivity (Wildman–Crippen MR) is 71.8 cm³/mol. The van der Waals surface area contributed by atoms with Crippen LogP contribution in [0.2, 0.25) is 0 Å². The average molecular weight is 242 g/mol. The van der Waals surface area contributed by atoms with Crippen molar-refractivity contribution in [1.82, 2.24) is 9.55 Å². The van der Waals surface area contributed by atoms with E-state index in [-0.39, 0.29) is 5.92 Å². The minimum Gasteiger partial charge on any atom is -0.329 e. The first kappa shape index (κ1) is 11.5. The summed E-state index contributed by atoms with van der Waals surface area (Å²) in [5.74, 6) is 1.57. The first-order valence-electron chi connectivity index (χ1n) is 6.72. The smallest absolute Gasteiger partial charge is 0.166 e. The van der Waals surface area contributed by atoms with Crippen LogP contribution in [0.3, 0.4) is 0 Å². The van der Waals surface area contributed by atoms with Crippen LogP contribution in [0.1, 0.15) is 42.4 Å². The number of imidazole rings is 1. The summed E-state index contributed by atoms with van der Waals surface area (Å²) in [7, 11) is 0. The zero-order valence-corrected chi connectivity index (χ0v) is 10.9. The Labute approximate surface area is 107 Å². The summed E-state index contributed by atoms with van der Waals surface area (Å²) >= 11 is 0. The third-order valence-electron chi connectivity index (χ3n) is 4.02. The largest absolute Gasteiger partial charge is 0.329 e. The summed E-state index contributed by atoms with van der Waals surface area (Å²) in [5.41, 5.74) is 2.90.